The summed E-state index contributed by atoms with van der Waals surface area (Å²) in [6, 6.07) is 7.20. The number of hydroxylamine groups is 1. The first-order valence-electron chi connectivity index (χ1n) is 8.05. The minimum absolute atomic E-state index is 0.121. The first kappa shape index (κ1) is 16.0. The molecule has 2 aromatic rings. The predicted octanol–water partition coefficient (Wildman–Crippen LogP) is 2.38. The molecule has 2 aliphatic rings. The summed E-state index contributed by atoms with van der Waals surface area (Å²) < 4.78 is 0. The van der Waals surface area contributed by atoms with E-state index in [1.807, 2.05) is 12.1 Å². The van der Waals surface area contributed by atoms with Crippen LogP contribution in [0, 0.1) is 0 Å². The van der Waals surface area contributed by atoms with Gasteiger partial charge in [-0.25, -0.2) is 15.3 Å². The molecule has 1 fully saturated rings. The summed E-state index contributed by atoms with van der Waals surface area (Å²) >= 11 is 1.60. The number of carbonyl (C=O) groups excluding carboxylic acids is 1. The number of rotatable bonds is 3. The fourth-order valence-electron chi connectivity index (χ4n) is 3.32. The molecule has 8 heteroatoms. The highest BCUT2D eigenvalue weighted by Gasteiger charge is 2.49. The van der Waals surface area contributed by atoms with E-state index in [0.717, 1.165) is 34.0 Å². The van der Waals surface area contributed by atoms with Gasteiger partial charge in [0, 0.05) is 28.8 Å². The lowest BCUT2D eigenvalue weighted by Gasteiger charge is -2.22. The molecule has 0 bridgehead atoms. The largest absolute Gasteiger partial charge is 0.465 e. The summed E-state index contributed by atoms with van der Waals surface area (Å²) in [5.74, 6) is -0.533. The Kier molecular flexibility index (Phi) is 3.73. The number of carboxylic acid groups (broad SMARTS) is 1. The average Bonchev–Trinajstić information content (AvgIpc) is 3.33. The molecule has 1 aliphatic heterocycles. The molecule has 2 amide bonds. The quantitative estimate of drug-likeness (QED) is 0.577. The number of thiazole rings is 1. The third-order valence-electron chi connectivity index (χ3n) is 4.96. The SMILES string of the molecule is O=C(NO)c1ccc(C2(c3nc4c(s3)CN(C(=O)O)CC4)CC2)cc1. The second-order valence-electron chi connectivity index (χ2n) is 6.44. The van der Waals surface area contributed by atoms with Gasteiger partial charge in [0.2, 0.25) is 0 Å². The molecular formula is C17H17N3O4S. The summed E-state index contributed by atoms with van der Waals surface area (Å²) in [7, 11) is 0. The van der Waals surface area contributed by atoms with Crippen LogP contribution < -0.4 is 5.48 Å². The monoisotopic (exact) mass is 359 g/mol. The molecule has 1 aliphatic carbocycles. The molecule has 0 saturated heterocycles. The molecule has 130 valence electrons. The summed E-state index contributed by atoms with van der Waals surface area (Å²) in [5, 5.41) is 18.9. The lowest BCUT2D eigenvalue weighted by molar-refractivity contribution is 0.0706. The Balaban J connectivity index is 1.62. The van der Waals surface area contributed by atoms with Crippen molar-refractivity contribution in [3.05, 3.63) is 51.0 Å². The third kappa shape index (κ3) is 2.67. The number of amides is 2. The maximum atomic E-state index is 11.5. The van der Waals surface area contributed by atoms with E-state index in [0.29, 0.717) is 25.1 Å². The normalized spacial score (nSPS) is 17.7. The second-order valence-corrected chi connectivity index (χ2v) is 7.53. The van der Waals surface area contributed by atoms with Gasteiger partial charge in [0.05, 0.1) is 12.2 Å². The number of carbonyl (C=O) groups is 2. The van der Waals surface area contributed by atoms with E-state index in [1.165, 1.54) is 4.90 Å². The van der Waals surface area contributed by atoms with Gasteiger partial charge in [0.15, 0.2) is 0 Å². The number of benzene rings is 1. The Morgan fingerprint density at radius 3 is 2.56 bits per heavy atom. The van der Waals surface area contributed by atoms with Crippen LogP contribution in [0.25, 0.3) is 0 Å². The smallest absolute Gasteiger partial charge is 0.407 e. The zero-order valence-corrected chi connectivity index (χ0v) is 14.2. The lowest BCUT2D eigenvalue weighted by atomic mass is 9.95. The fourth-order valence-corrected chi connectivity index (χ4v) is 4.71. The van der Waals surface area contributed by atoms with Crippen LogP contribution in [0.3, 0.4) is 0 Å². The maximum Gasteiger partial charge on any atom is 0.407 e. The maximum absolute atomic E-state index is 11.5. The Labute approximate surface area is 147 Å². The number of hydrogen-bond acceptors (Lipinski definition) is 5. The predicted molar refractivity (Wildman–Crippen MR) is 90.0 cm³/mol. The standard InChI is InChI=1S/C17H17N3O4S/c21-14(19-24)10-1-3-11(4-2-10)17(6-7-17)15-18-12-5-8-20(16(22)23)9-13(12)25-15/h1-4,24H,5-9H2,(H,19,21)(H,22,23). The van der Waals surface area contributed by atoms with E-state index < -0.39 is 12.0 Å². The van der Waals surface area contributed by atoms with E-state index in [4.69, 9.17) is 10.2 Å². The van der Waals surface area contributed by atoms with Crippen molar-refractivity contribution in [2.24, 2.45) is 0 Å². The molecule has 1 saturated carbocycles. The van der Waals surface area contributed by atoms with E-state index in [9.17, 15) is 14.7 Å². The van der Waals surface area contributed by atoms with Crippen LogP contribution in [0.15, 0.2) is 24.3 Å². The molecule has 4 rings (SSSR count). The van der Waals surface area contributed by atoms with Crippen molar-refractivity contribution in [2.75, 3.05) is 6.54 Å². The molecule has 0 radical (unpaired) electrons. The van der Waals surface area contributed by atoms with E-state index >= 15 is 0 Å². The van der Waals surface area contributed by atoms with E-state index in [1.54, 1.807) is 28.9 Å². The summed E-state index contributed by atoms with van der Waals surface area (Å²) in [5.41, 5.74) is 4.03. The number of hydrogen-bond donors (Lipinski definition) is 3. The zero-order valence-electron chi connectivity index (χ0n) is 13.4. The van der Waals surface area contributed by atoms with Crippen LogP contribution >= 0.6 is 11.3 Å². The Bertz CT molecular complexity index is 842. The van der Waals surface area contributed by atoms with Gasteiger partial charge in [-0.3, -0.25) is 10.0 Å². The van der Waals surface area contributed by atoms with Crippen LogP contribution in [0.1, 0.15) is 44.3 Å². The van der Waals surface area contributed by atoms with Crippen molar-refractivity contribution in [3.8, 4) is 0 Å². The fraction of sp³-hybridized carbons (Fsp3) is 0.353. The van der Waals surface area contributed by atoms with Crippen LogP contribution in [-0.4, -0.2) is 38.7 Å². The third-order valence-corrected chi connectivity index (χ3v) is 6.25. The molecule has 2 heterocycles. The van der Waals surface area contributed by atoms with Crippen LogP contribution in [0.5, 0.6) is 0 Å². The molecule has 1 aromatic carbocycles. The highest BCUT2D eigenvalue weighted by atomic mass is 32.1. The molecule has 1 aromatic heterocycles. The molecule has 25 heavy (non-hydrogen) atoms. The van der Waals surface area contributed by atoms with Gasteiger partial charge in [-0.2, -0.15) is 0 Å². The van der Waals surface area contributed by atoms with Crippen LogP contribution in [-0.2, 0) is 18.4 Å². The van der Waals surface area contributed by atoms with Crippen molar-refractivity contribution in [1.82, 2.24) is 15.4 Å². The Hall–Kier alpha value is -2.45. The molecule has 0 unspecified atom stereocenters. The van der Waals surface area contributed by atoms with Crippen LogP contribution in [0.2, 0.25) is 0 Å². The number of aromatic nitrogens is 1. The summed E-state index contributed by atoms with van der Waals surface area (Å²) in [6.07, 6.45) is 1.75. The number of nitrogens with zero attached hydrogens (tertiary/aromatic N) is 2. The minimum atomic E-state index is -0.889. The summed E-state index contributed by atoms with van der Waals surface area (Å²) in [6.45, 7) is 0.900. The molecule has 3 N–H and O–H groups in total. The van der Waals surface area contributed by atoms with Crippen molar-refractivity contribution in [3.63, 3.8) is 0 Å². The van der Waals surface area contributed by atoms with Gasteiger partial charge in [0.25, 0.3) is 5.91 Å². The molecular weight excluding hydrogens is 342 g/mol. The highest BCUT2D eigenvalue weighted by Crippen LogP contribution is 2.55. The molecule has 0 atom stereocenters. The van der Waals surface area contributed by atoms with Gasteiger partial charge in [-0.1, -0.05) is 12.1 Å². The van der Waals surface area contributed by atoms with Gasteiger partial charge >= 0.3 is 6.09 Å². The lowest BCUT2D eigenvalue weighted by Crippen LogP contribution is -2.34. The Morgan fingerprint density at radius 1 is 1.24 bits per heavy atom. The molecule has 0 spiro atoms. The van der Waals surface area contributed by atoms with Gasteiger partial charge < -0.3 is 10.0 Å². The topological polar surface area (TPSA) is 103 Å². The van der Waals surface area contributed by atoms with Crippen molar-refractivity contribution < 1.29 is 19.9 Å². The van der Waals surface area contributed by atoms with Crippen molar-refractivity contribution in [2.45, 2.75) is 31.2 Å². The van der Waals surface area contributed by atoms with Crippen molar-refractivity contribution in [1.29, 1.82) is 0 Å². The minimum Gasteiger partial charge on any atom is -0.465 e. The first-order valence-corrected chi connectivity index (χ1v) is 8.87. The first-order chi connectivity index (χ1) is 12.0. The molecule has 7 nitrogen and oxygen atoms in total. The number of nitrogens with one attached hydrogen (secondary N) is 1. The summed E-state index contributed by atoms with van der Waals surface area (Å²) in [4.78, 5) is 29.9. The van der Waals surface area contributed by atoms with Crippen LogP contribution in [0.4, 0.5) is 4.79 Å². The number of fused-ring (bicyclic) bond motifs is 1. The second kappa shape index (κ2) is 5.82. The van der Waals surface area contributed by atoms with Gasteiger partial charge in [-0.05, 0) is 30.5 Å². The highest BCUT2D eigenvalue weighted by molar-refractivity contribution is 7.12. The zero-order chi connectivity index (χ0) is 17.6. The van der Waals surface area contributed by atoms with E-state index in [-0.39, 0.29) is 5.41 Å². The van der Waals surface area contributed by atoms with Gasteiger partial charge in [0.1, 0.15) is 5.01 Å². The average molecular weight is 359 g/mol. The van der Waals surface area contributed by atoms with Crippen molar-refractivity contribution >= 4 is 23.3 Å². The van der Waals surface area contributed by atoms with E-state index in [2.05, 4.69) is 0 Å². The van der Waals surface area contributed by atoms with Gasteiger partial charge in [-0.15, -0.1) is 11.3 Å². The Morgan fingerprint density at radius 2 is 1.96 bits per heavy atom.